The number of nitrogens with zero attached hydrogens (tertiary/aromatic N) is 1. The highest BCUT2D eigenvalue weighted by atomic mass is 32.2. The lowest BCUT2D eigenvalue weighted by Crippen LogP contribution is -2.42. The summed E-state index contributed by atoms with van der Waals surface area (Å²) in [6.07, 6.45) is 4.81. The molecule has 1 aliphatic heterocycles. The van der Waals surface area contributed by atoms with Gasteiger partial charge in [0, 0.05) is 25.2 Å². The maximum absolute atomic E-state index is 11.3. The molecule has 16 heavy (non-hydrogen) atoms. The van der Waals surface area contributed by atoms with E-state index < -0.39 is 9.84 Å². The van der Waals surface area contributed by atoms with Crippen LogP contribution in [0.1, 0.15) is 25.7 Å². The van der Waals surface area contributed by atoms with Gasteiger partial charge in [-0.2, -0.15) is 0 Å². The second-order valence-corrected chi connectivity index (χ2v) is 7.35. The van der Waals surface area contributed by atoms with Crippen LogP contribution in [0.4, 0.5) is 0 Å². The Morgan fingerprint density at radius 3 is 2.56 bits per heavy atom. The molecule has 0 bridgehead atoms. The maximum atomic E-state index is 11.3. The number of rotatable bonds is 5. The molecule has 0 radical (unpaired) electrons. The van der Waals surface area contributed by atoms with Crippen LogP contribution in [0.2, 0.25) is 0 Å². The van der Waals surface area contributed by atoms with Gasteiger partial charge in [-0.3, -0.25) is 0 Å². The van der Waals surface area contributed by atoms with Crippen molar-refractivity contribution in [3.05, 3.63) is 0 Å². The van der Waals surface area contributed by atoms with Gasteiger partial charge in [-0.25, -0.2) is 8.42 Å². The average Bonchev–Trinajstić information content (AvgIpc) is 2.42. The monoisotopic (exact) mass is 246 g/mol. The second kappa shape index (κ2) is 5.02. The van der Waals surface area contributed by atoms with Crippen LogP contribution in [0.3, 0.4) is 0 Å². The number of hydrogen-bond acceptors (Lipinski definition) is 4. The summed E-state index contributed by atoms with van der Waals surface area (Å²) in [5.41, 5.74) is 0. The van der Waals surface area contributed by atoms with Gasteiger partial charge in [0.1, 0.15) is 0 Å². The van der Waals surface area contributed by atoms with Gasteiger partial charge in [-0.05, 0) is 26.3 Å². The van der Waals surface area contributed by atoms with Gasteiger partial charge in [0.05, 0.1) is 11.5 Å². The van der Waals surface area contributed by atoms with Gasteiger partial charge in [-0.15, -0.1) is 0 Å². The van der Waals surface area contributed by atoms with E-state index in [4.69, 9.17) is 0 Å². The summed E-state index contributed by atoms with van der Waals surface area (Å²) in [4.78, 5) is 2.39. The smallest absolute Gasteiger partial charge is 0.151 e. The maximum Gasteiger partial charge on any atom is 0.151 e. The van der Waals surface area contributed by atoms with Crippen molar-refractivity contribution in [1.29, 1.82) is 0 Å². The predicted molar refractivity (Wildman–Crippen MR) is 65.3 cm³/mol. The highest BCUT2D eigenvalue weighted by Gasteiger charge is 2.27. The summed E-state index contributed by atoms with van der Waals surface area (Å²) in [5, 5.41) is 3.35. The lowest BCUT2D eigenvalue weighted by molar-refractivity contribution is 0.159. The van der Waals surface area contributed by atoms with Crippen molar-refractivity contribution < 1.29 is 8.42 Å². The van der Waals surface area contributed by atoms with E-state index in [9.17, 15) is 8.42 Å². The van der Waals surface area contributed by atoms with E-state index in [0.29, 0.717) is 11.5 Å². The summed E-state index contributed by atoms with van der Waals surface area (Å²) in [7, 11) is -0.568. The Bertz CT molecular complexity index is 325. The van der Waals surface area contributed by atoms with Crippen molar-refractivity contribution in [1.82, 2.24) is 10.2 Å². The van der Waals surface area contributed by atoms with Crippen LogP contribution in [0, 0.1) is 0 Å². The van der Waals surface area contributed by atoms with Crippen LogP contribution in [0.25, 0.3) is 0 Å². The third-order valence-electron chi connectivity index (χ3n) is 3.83. The Kier molecular flexibility index (Phi) is 3.87. The predicted octanol–water partition coefficient (Wildman–Crippen LogP) is 0.247. The first-order chi connectivity index (χ1) is 7.57. The first-order valence-corrected chi connectivity index (χ1v) is 8.03. The summed E-state index contributed by atoms with van der Waals surface area (Å²) < 4.78 is 22.5. The molecule has 0 aromatic rings. The third-order valence-corrected chi connectivity index (χ3v) is 5.60. The molecule has 0 spiro atoms. The average molecular weight is 246 g/mol. The van der Waals surface area contributed by atoms with Crippen LogP contribution in [-0.2, 0) is 9.84 Å². The van der Waals surface area contributed by atoms with E-state index in [1.165, 1.54) is 19.3 Å². The molecule has 0 aromatic heterocycles. The van der Waals surface area contributed by atoms with Crippen molar-refractivity contribution in [3.8, 4) is 0 Å². The second-order valence-electron chi connectivity index (χ2n) is 5.12. The van der Waals surface area contributed by atoms with Crippen molar-refractivity contribution >= 4 is 9.84 Å². The van der Waals surface area contributed by atoms with Gasteiger partial charge >= 0.3 is 0 Å². The Morgan fingerprint density at radius 1 is 1.31 bits per heavy atom. The van der Waals surface area contributed by atoms with Gasteiger partial charge in [0.2, 0.25) is 0 Å². The van der Waals surface area contributed by atoms with Crippen LogP contribution >= 0.6 is 0 Å². The fraction of sp³-hybridized carbons (Fsp3) is 1.00. The Morgan fingerprint density at radius 2 is 2.06 bits per heavy atom. The molecule has 1 unspecified atom stereocenters. The van der Waals surface area contributed by atoms with Gasteiger partial charge in [0.25, 0.3) is 0 Å². The van der Waals surface area contributed by atoms with Crippen LogP contribution < -0.4 is 5.32 Å². The summed E-state index contributed by atoms with van der Waals surface area (Å²) in [6, 6.07) is 0.967. The standard InChI is InChI=1S/C11H22N2O2S/c1-13(11-3-2-4-11)7-6-12-10-5-8-16(14,15)9-10/h10-12H,2-9H2,1H3. The van der Waals surface area contributed by atoms with Crippen molar-refractivity contribution in [2.75, 3.05) is 31.6 Å². The van der Waals surface area contributed by atoms with E-state index in [1.807, 2.05) is 0 Å². The number of nitrogens with one attached hydrogen (secondary N) is 1. The van der Waals surface area contributed by atoms with Gasteiger partial charge in [0.15, 0.2) is 9.84 Å². The molecule has 0 amide bonds. The molecule has 4 nitrogen and oxygen atoms in total. The summed E-state index contributed by atoms with van der Waals surface area (Å²) >= 11 is 0. The number of hydrogen-bond donors (Lipinski definition) is 1. The first-order valence-electron chi connectivity index (χ1n) is 6.21. The first kappa shape index (κ1) is 12.3. The minimum Gasteiger partial charge on any atom is -0.312 e. The van der Waals surface area contributed by atoms with Crippen molar-refractivity contribution in [3.63, 3.8) is 0 Å². The molecule has 1 atom stereocenters. The number of likely N-dealkylation sites (N-methyl/N-ethyl adjacent to an activating group) is 1. The van der Waals surface area contributed by atoms with Crippen molar-refractivity contribution in [2.45, 2.75) is 37.8 Å². The van der Waals surface area contributed by atoms with Crippen molar-refractivity contribution in [2.24, 2.45) is 0 Å². The van der Waals surface area contributed by atoms with E-state index in [0.717, 1.165) is 25.6 Å². The minimum absolute atomic E-state index is 0.194. The van der Waals surface area contributed by atoms with Crippen LogP contribution in [0.5, 0.6) is 0 Å². The molecule has 1 saturated heterocycles. The molecule has 2 aliphatic rings. The Labute approximate surface area is 98.3 Å². The zero-order chi connectivity index (χ0) is 11.6. The zero-order valence-corrected chi connectivity index (χ0v) is 10.8. The zero-order valence-electron chi connectivity index (χ0n) is 9.98. The lowest BCUT2D eigenvalue weighted by Gasteiger charge is -2.34. The van der Waals surface area contributed by atoms with Crippen LogP contribution in [0.15, 0.2) is 0 Å². The van der Waals surface area contributed by atoms with Gasteiger partial charge < -0.3 is 10.2 Å². The molecule has 2 rings (SSSR count). The topological polar surface area (TPSA) is 49.4 Å². The normalized spacial score (nSPS) is 29.5. The molecular weight excluding hydrogens is 224 g/mol. The Hall–Kier alpha value is -0.130. The van der Waals surface area contributed by atoms with E-state index in [1.54, 1.807) is 0 Å². The molecule has 94 valence electrons. The lowest BCUT2D eigenvalue weighted by atomic mass is 9.92. The van der Waals surface area contributed by atoms with Gasteiger partial charge in [-0.1, -0.05) is 6.42 Å². The minimum atomic E-state index is -2.73. The molecule has 0 aromatic carbocycles. The Balaban J connectivity index is 1.61. The van der Waals surface area contributed by atoms with Crippen LogP contribution in [-0.4, -0.2) is 57.0 Å². The molecule has 1 aliphatic carbocycles. The molecule has 1 saturated carbocycles. The molecule has 5 heteroatoms. The SMILES string of the molecule is CN(CCNC1CCS(=O)(=O)C1)C1CCC1. The third kappa shape index (κ3) is 3.18. The number of sulfone groups is 1. The fourth-order valence-corrected chi connectivity index (χ4v) is 4.12. The van der Waals surface area contributed by atoms with E-state index in [-0.39, 0.29) is 6.04 Å². The summed E-state index contributed by atoms with van der Waals surface area (Å²) in [6.45, 7) is 1.94. The largest absolute Gasteiger partial charge is 0.312 e. The highest BCUT2D eigenvalue weighted by molar-refractivity contribution is 7.91. The molecule has 1 N–H and O–H groups in total. The molecule has 2 fully saturated rings. The highest BCUT2D eigenvalue weighted by Crippen LogP contribution is 2.22. The fourth-order valence-electron chi connectivity index (χ4n) is 2.41. The summed E-state index contributed by atoms with van der Waals surface area (Å²) in [5.74, 6) is 0.698. The molecule has 1 heterocycles. The molecular formula is C11H22N2O2S. The van der Waals surface area contributed by atoms with E-state index >= 15 is 0 Å². The van der Waals surface area contributed by atoms with E-state index in [2.05, 4.69) is 17.3 Å². The quantitative estimate of drug-likeness (QED) is 0.755.